The Morgan fingerprint density at radius 3 is 2.71 bits per heavy atom. The molecule has 1 aromatic rings. The maximum Gasteiger partial charge on any atom is 0.323 e. The van der Waals surface area contributed by atoms with E-state index in [1.54, 1.807) is 4.68 Å². The number of hydrogen-bond acceptors (Lipinski definition) is 2. The molecule has 5 heteroatoms. The van der Waals surface area contributed by atoms with Crippen LogP contribution in [0.2, 0.25) is 0 Å². The van der Waals surface area contributed by atoms with Crippen LogP contribution in [0.25, 0.3) is 0 Å². The van der Waals surface area contributed by atoms with Gasteiger partial charge in [-0.2, -0.15) is 5.10 Å². The second kappa shape index (κ2) is 4.05. The highest BCUT2D eigenvalue weighted by Gasteiger charge is 2.38. The van der Waals surface area contributed by atoms with Gasteiger partial charge in [-0.05, 0) is 24.7 Å². The second-order valence-corrected chi connectivity index (χ2v) is 5.16. The molecule has 2 amide bonds. The van der Waals surface area contributed by atoms with Gasteiger partial charge in [-0.25, -0.2) is 4.79 Å². The van der Waals surface area contributed by atoms with Gasteiger partial charge in [-0.1, -0.05) is 6.42 Å². The summed E-state index contributed by atoms with van der Waals surface area (Å²) in [5.41, 5.74) is 0. The normalized spacial score (nSPS) is 27.2. The minimum atomic E-state index is -0.00176. The monoisotopic (exact) mass is 234 g/mol. The van der Waals surface area contributed by atoms with Crippen LogP contribution >= 0.6 is 0 Å². The SMILES string of the molecule is Cn1ccc(NC(=O)N2C[C@H]3CCC[C@H]3C2)n1. The van der Waals surface area contributed by atoms with E-state index in [1.807, 2.05) is 24.2 Å². The molecule has 1 aromatic heterocycles. The lowest BCUT2D eigenvalue weighted by Crippen LogP contribution is -2.33. The predicted octanol–water partition coefficient (Wildman–Crippen LogP) is 1.68. The summed E-state index contributed by atoms with van der Waals surface area (Å²) in [5.74, 6) is 2.11. The zero-order chi connectivity index (χ0) is 11.8. The van der Waals surface area contributed by atoms with Crippen molar-refractivity contribution in [2.45, 2.75) is 19.3 Å². The number of amides is 2. The Kier molecular flexibility index (Phi) is 2.53. The van der Waals surface area contributed by atoms with Crippen LogP contribution in [0.4, 0.5) is 10.6 Å². The molecular weight excluding hydrogens is 216 g/mol. The Morgan fingerprint density at radius 1 is 1.41 bits per heavy atom. The standard InChI is InChI=1S/C12H18N4O/c1-15-6-5-11(14-15)13-12(17)16-7-9-3-2-4-10(9)8-16/h5-6,9-10H,2-4,7-8H2,1H3,(H,13,14,17)/t9-,10+. The number of fused-ring (bicyclic) bond motifs is 1. The van der Waals surface area contributed by atoms with Crippen LogP contribution in [-0.2, 0) is 7.05 Å². The fourth-order valence-electron chi connectivity index (χ4n) is 3.07. The zero-order valence-corrected chi connectivity index (χ0v) is 10.1. The van der Waals surface area contributed by atoms with Crippen molar-refractivity contribution in [3.8, 4) is 0 Å². The number of anilines is 1. The second-order valence-electron chi connectivity index (χ2n) is 5.16. The van der Waals surface area contributed by atoms with E-state index in [4.69, 9.17) is 0 Å². The number of urea groups is 1. The van der Waals surface area contributed by atoms with Crippen molar-refractivity contribution in [1.82, 2.24) is 14.7 Å². The van der Waals surface area contributed by atoms with Crippen molar-refractivity contribution in [3.63, 3.8) is 0 Å². The van der Waals surface area contributed by atoms with E-state index in [1.165, 1.54) is 19.3 Å². The maximum absolute atomic E-state index is 12.0. The van der Waals surface area contributed by atoms with Crippen LogP contribution in [0.1, 0.15) is 19.3 Å². The number of likely N-dealkylation sites (tertiary alicyclic amines) is 1. The lowest BCUT2D eigenvalue weighted by atomic mass is 10.0. The average molecular weight is 234 g/mol. The third-order valence-electron chi connectivity index (χ3n) is 3.96. The van der Waals surface area contributed by atoms with Crippen molar-refractivity contribution >= 4 is 11.8 Å². The van der Waals surface area contributed by atoms with Crippen LogP contribution in [-0.4, -0.2) is 33.8 Å². The molecule has 17 heavy (non-hydrogen) atoms. The molecule has 1 aliphatic heterocycles. The summed E-state index contributed by atoms with van der Waals surface area (Å²) in [7, 11) is 1.84. The first kappa shape index (κ1) is 10.6. The molecule has 1 N–H and O–H groups in total. The van der Waals surface area contributed by atoms with Gasteiger partial charge in [-0.3, -0.25) is 10.00 Å². The zero-order valence-electron chi connectivity index (χ0n) is 10.1. The molecule has 0 spiro atoms. The lowest BCUT2D eigenvalue weighted by molar-refractivity contribution is 0.218. The average Bonchev–Trinajstić information content (AvgIpc) is 2.92. The van der Waals surface area contributed by atoms with Gasteiger partial charge in [0.15, 0.2) is 5.82 Å². The molecule has 2 fully saturated rings. The van der Waals surface area contributed by atoms with E-state index in [2.05, 4.69) is 10.4 Å². The number of hydrogen-bond donors (Lipinski definition) is 1. The summed E-state index contributed by atoms with van der Waals surface area (Å²) >= 11 is 0. The van der Waals surface area contributed by atoms with Crippen LogP contribution in [0, 0.1) is 11.8 Å². The fraction of sp³-hybridized carbons (Fsp3) is 0.667. The van der Waals surface area contributed by atoms with Crippen LogP contribution in [0.3, 0.4) is 0 Å². The molecule has 2 heterocycles. The van der Waals surface area contributed by atoms with Crippen molar-refractivity contribution < 1.29 is 4.79 Å². The summed E-state index contributed by atoms with van der Waals surface area (Å²) < 4.78 is 1.69. The van der Waals surface area contributed by atoms with Gasteiger partial charge in [0, 0.05) is 32.4 Å². The number of carbonyl (C=O) groups is 1. The van der Waals surface area contributed by atoms with E-state index in [9.17, 15) is 4.79 Å². The van der Waals surface area contributed by atoms with Crippen LogP contribution in [0.15, 0.2) is 12.3 Å². The number of nitrogens with zero attached hydrogens (tertiary/aromatic N) is 3. The molecule has 0 unspecified atom stereocenters. The number of nitrogens with one attached hydrogen (secondary N) is 1. The largest absolute Gasteiger partial charge is 0.324 e. The molecule has 3 rings (SSSR count). The van der Waals surface area contributed by atoms with E-state index >= 15 is 0 Å². The Hall–Kier alpha value is -1.52. The first-order valence-corrected chi connectivity index (χ1v) is 6.28. The quantitative estimate of drug-likeness (QED) is 0.803. The molecule has 1 aliphatic carbocycles. The van der Waals surface area contributed by atoms with Gasteiger partial charge in [0.2, 0.25) is 0 Å². The topological polar surface area (TPSA) is 50.2 Å². The molecular formula is C12H18N4O. The highest BCUT2D eigenvalue weighted by atomic mass is 16.2. The van der Waals surface area contributed by atoms with E-state index < -0.39 is 0 Å². The number of aromatic nitrogens is 2. The molecule has 2 aliphatic rings. The summed E-state index contributed by atoms with van der Waals surface area (Å²) in [4.78, 5) is 14.0. The molecule has 1 saturated heterocycles. The first-order valence-electron chi connectivity index (χ1n) is 6.28. The highest BCUT2D eigenvalue weighted by molar-refractivity contribution is 5.88. The third kappa shape index (κ3) is 2.01. The summed E-state index contributed by atoms with van der Waals surface area (Å²) in [6.45, 7) is 1.84. The van der Waals surface area contributed by atoms with Crippen molar-refractivity contribution in [3.05, 3.63) is 12.3 Å². The van der Waals surface area contributed by atoms with Gasteiger partial charge in [0.05, 0.1) is 0 Å². The molecule has 0 bridgehead atoms. The number of aryl methyl sites for hydroxylation is 1. The number of carbonyl (C=O) groups excluding carboxylic acids is 1. The van der Waals surface area contributed by atoms with Crippen LogP contribution in [0.5, 0.6) is 0 Å². The Morgan fingerprint density at radius 2 is 2.12 bits per heavy atom. The maximum atomic E-state index is 12.0. The predicted molar refractivity (Wildman–Crippen MR) is 64.6 cm³/mol. The minimum Gasteiger partial charge on any atom is -0.324 e. The van der Waals surface area contributed by atoms with Gasteiger partial charge in [0.25, 0.3) is 0 Å². The summed E-state index contributed by atoms with van der Waals surface area (Å²) in [6, 6.07) is 1.81. The smallest absolute Gasteiger partial charge is 0.323 e. The first-order chi connectivity index (χ1) is 8.22. The molecule has 0 radical (unpaired) electrons. The molecule has 0 aromatic carbocycles. The summed E-state index contributed by atoms with van der Waals surface area (Å²) in [5, 5.41) is 7.00. The van der Waals surface area contributed by atoms with Gasteiger partial charge in [0.1, 0.15) is 0 Å². The Labute approximate surface area is 101 Å². The van der Waals surface area contributed by atoms with Gasteiger partial charge in [-0.15, -0.1) is 0 Å². The highest BCUT2D eigenvalue weighted by Crippen LogP contribution is 2.37. The third-order valence-corrected chi connectivity index (χ3v) is 3.96. The van der Waals surface area contributed by atoms with Crippen molar-refractivity contribution in [1.29, 1.82) is 0 Å². The van der Waals surface area contributed by atoms with Crippen molar-refractivity contribution in [2.24, 2.45) is 18.9 Å². The molecule has 1 saturated carbocycles. The lowest BCUT2D eigenvalue weighted by Gasteiger charge is -2.16. The number of rotatable bonds is 1. The Balaban J connectivity index is 1.60. The van der Waals surface area contributed by atoms with E-state index in [0.29, 0.717) is 5.82 Å². The van der Waals surface area contributed by atoms with E-state index in [0.717, 1.165) is 24.9 Å². The molecule has 2 atom stereocenters. The van der Waals surface area contributed by atoms with E-state index in [-0.39, 0.29) is 6.03 Å². The fourth-order valence-corrected chi connectivity index (χ4v) is 3.07. The minimum absolute atomic E-state index is 0.00176. The van der Waals surface area contributed by atoms with Crippen molar-refractivity contribution in [2.75, 3.05) is 18.4 Å². The summed E-state index contributed by atoms with van der Waals surface area (Å²) in [6.07, 6.45) is 5.75. The van der Waals surface area contributed by atoms with Crippen LogP contribution < -0.4 is 5.32 Å². The molecule has 5 nitrogen and oxygen atoms in total. The molecule has 92 valence electrons. The Bertz CT molecular complexity index is 416. The van der Waals surface area contributed by atoms with Gasteiger partial charge >= 0.3 is 6.03 Å². The van der Waals surface area contributed by atoms with Gasteiger partial charge < -0.3 is 4.90 Å².